The van der Waals surface area contributed by atoms with Gasteiger partial charge in [-0.25, -0.2) is 0 Å². The molecule has 0 spiro atoms. The van der Waals surface area contributed by atoms with E-state index in [2.05, 4.69) is 22.7 Å². The maximum absolute atomic E-state index is 5.99. The molecule has 0 aromatic heterocycles. The van der Waals surface area contributed by atoms with Gasteiger partial charge in [-0.15, -0.1) is 0 Å². The van der Waals surface area contributed by atoms with E-state index in [9.17, 15) is 0 Å². The molecule has 0 amide bonds. The van der Waals surface area contributed by atoms with E-state index in [-0.39, 0.29) is 0 Å². The Balaban J connectivity index is 1.73. The van der Waals surface area contributed by atoms with Crippen LogP contribution in [0.4, 0.5) is 5.69 Å². The first kappa shape index (κ1) is 15.8. The summed E-state index contributed by atoms with van der Waals surface area (Å²) in [5.74, 6) is 0.831. The summed E-state index contributed by atoms with van der Waals surface area (Å²) in [5, 5.41) is 4.47. The van der Waals surface area contributed by atoms with E-state index in [0.29, 0.717) is 6.61 Å². The third-order valence-corrected chi connectivity index (χ3v) is 3.64. The number of nitrogens with one attached hydrogen (secondary N) is 1. The van der Waals surface area contributed by atoms with Crippen LogP contribution < -0.4 is 10.2 Å². The van der Waals surface area contributed by atoms with Crippen LogP contribution in [0.3, 0.4) is 0 Å². The van der Waals surface area contributed by atoms with Crippen molar-refractivity contribution in [2.45, 2.75) is 13.5 Å². The van der Waals surface area contributed by atoms with Crippen LogP contribution in [-0.4, -0.2) is 5.71 Å². The summed E-state index contributed by atoms with van der Waals surface area (Å²) in [5.41, 5.74) is 7.04. The highest BCUT2D eigenvalue weighted by atomic mass is 16.5. The number of benzene rings is 3. The van der Waals surface area contributed by atoms with E-state index >= 15 is 0 Å². The Hall–Kier alpha value is -3.07. The average Bonchev–Trinajstić information content (AvgIpc) is 2.66. The molecule has 0 aliphatic rings. The summed E-state index contributed by atoms with van der Waals surface area (Å²) < 4.78 is 5.99. The van der Waals surface area contributed by atoms with Gasteiger partial charge in [-0.2, -0.15) is 5.10 Å². The normalized spacial score (nSPS) is 11.1. The molecule has 1 N–H and O–H groups in total. The van der Waals surface area contributed by atoms with E-state index in [1.807, 2.05) is 79.7 Å². The second kappa shape index (κ2) is 7.97. The van der Waals surface area contributed by atoms with E-state index in [0.717, 1.165) is 28.3 Å². The third-order valence-electron chi connectivity index (χ3n) is 3.64. The van der Waals surface area contributed by atoms with Gasteiger partial charge in [0.25, 0.3) is 0 Å². The molecule has 0 atom stereocenters. The van der Waals surface area contributed by atoms with Crippen molar-refractivity contribution >= 4 is 11.4 Å². The van der Waals surface area contributed by atoms with Crippen LogP contribution in [0.15, 0.2) is 90.0 Å². The van der Waals surface area contributed by atoms with E-state index in [1.54, 1.807) is 0 Å². The van der Waals surface area contributed by atoms with Gasteiger partial charge in [0.1, 0.15) is 12.4 Å². The fraction of sp³-hybridized carbons (Fsp3) is 0.0952. The number of rotatable bonds is 6. The maximum Gasteiger partial charge on any atom is 0.128 e. The molecule has 3 heteroatoms. The Kier molecular flexibility index (Phi) is 5.25. The quantitative estimate of drug-likeness (QED) is 0.507. The van der Waals surface area contributed by atoms with E-state index < -0.39 is 0 Å². The molecule has 0 bridgehead atoms. The van der Waals surface area contributed by atoms with Crippen molar-refractivity contribution in [1.82, 2.24) is 0 Å². The van der Waals surface area contributed by atoms with Crippen molar-refractivity contribution in [3.63, 3.8) is 0 Å². The van der Waals surface area contributed by atoms with Crippen molar-refractivity contribution < 1.29 is 4.74 Å². The molecule has 3 nitrogen and oxygen atoms in total. The van der Waals surface area contributed by atoms with Crippen LogP contribution in [0, 0.1) is 0 Å². The predicted molar refractivity (Wildman–Crippen MR) is 99.5 cm³/mol. The van der Waals surface area contributed by atoms with Crippen LogP contribution >= 0.6 is 0 Å². The molecule has 0 saturated carbocycles. The topological polar surface area (TPSA) is 33.6 Å². The fourth-order valence-electron chi connectivity index (χ4n) is 2.35. The fourth-order valence-corrected chi connectivity index (χ4v) is 2.35. The number of hydrogen-bond donors (Lipinski definition) is 1. The largest absolute Gasteiger partial charge is 0.488 e. The van der Waals surface area contributed by atoms with Gasteiger partial charge < -0.3 is 4.74 Å². The summed E-state index contributed by atoms with van der Waals surface area (Å²) in [4.78, 5) is 0. The summed E-state index contributed by atoms with van der Waals surface area (Å²) >= 11 is 0. The number of para-hydroxylation sites is 2. The van der Waals surface area contributed by atoms with Gasteiger partial charge in [-0.3, -0.25) is 5.43 Å². The van der Waals surface area contributed by atoms with Crippen molar-refractivity contribution in [2.24, 2.45) is 5.10 Å². The first-order valence-corrected chi connectivity index (χ1v) is 7.94. The zero-order valence-electron chi connectivity index (χ0n) is 13.6. The number of hydrazone groups is 1. The zero-order chi connectivity index (χ0) is 16.6. The van der Waals surface area contributed by atoms with E-state index in [1.165, 1.54) is 0 Å². The maximum atomic E-state index is 5.99. The molecule has 0 aliphatic heterocycles. The molecular weight excluding hydrogens is 296 g/mol. The third kappa shape index (κ3) is 4.23. The molecule has 120 valence electrons. The van der Waals surface area contributed by atoms with Gasteiger partial charge in [0, 0.05) is 5.56 Å². The van der Waals surface area contributed by atoms with Gasteiger partial charge in [0.2, 0.25) is 0 Å². The van der Waals surface area contributed by atoms with Crippen molar-refractivity contribution in [1.29, 1.82) is 0 Å². The lowest BCUT2D eigenvalue weighted by Crippen LogP contribution is -2.04. The summed E-state index contributed by atoms with van der Waals surface area (Å²) in [6.07, 6.45) is 0. The molecule has 0 aliphatic carbocycles. The SMILES string of the molecule is C/C(=N\Nc1ccccc1)c1ccccc1OCc1ccccc1. The molecular formula is C21H20N2O. The number of hydrogen-bond acceptors (Lipinski definition) is 3. The molecule has 0 heterocycles. The molecule has 0 radical (unpaired) electrons. The lowest BCUT2D eigenvalue weighted by Gasteiger charge is -2.11. The van der Waals surface area contributed by atoms with Crippen LogP contribution in [0.5, 0.6) is 5.75 Å². The van der Waals surface area contributed by atoms with E-state index in [4.69, 9.17) is 4.74 Å². The highest BCUT2D eigenvalue weighted by molar-refractivity contribution is 6.01. The number of anilines is 1. The van der Waals surface area contributed by atoms with Crippen LogP contribution in [0.1, 0.15) is 18.1 Å². The number of nitrogens with zero attached hydrogens (tertiary/aromatic N) is 1. The standard InChI is InChI=1S/C21H20N2O/c1-17(22-23-19-12-6-3-7-13-19)20-14-8-9-15-21(20)24-16-18-10-4-2-5-11-18/h2-15,23H,16H2,1H3/b22-17+. The molecule has 0 fully saturated rings. The molecule has 24 heavy (non-hydrogen) atoms. The highest BCUT2D eigenvalue weighted by Gasteiger charge is 2.06. The summed E-state index contributed by atoms with van der Waals surface area (Å²) in [6, 6.07) is 28.0. The first-order chi connectivity index (χ1) is 11.8. The van der Waals surface area contributed by atoms with Gasteiger partial charge in [0.15, 0.2) is 0 Å². The van der Waals surface area contributed by atoms with Gasteiger partial charge in [0.05, 0.1) is 11.4 Å². The molecule has 3 aromatic rings. The van der Waals surface area contributed by atoms with Crippen LogP contribution in [-0.2, 0) is 6.61 Å². The van der Waals surface area contributed by atoms with Crippen molar-refractivity contribution in [2.75, 3.05) is 5.43 Å². The van der Waals surface area contributed by atoms with Gasteiger partial charge in [-0.05, 0) is 36.8 Å². The average molecular weight is 316 g/mol. The van der Waals surface area contributed by atoms with Gasteiger partial charge >= 0.3 is 0 Å². The monoisotopic (exact) mass is 316 g/mol. The Bertz CT molecular complexity index is 798. The second-order valence-corrected chi connectivity index (χ2v) is 5.45. The molecule has 3 rings (SSSR count). The molecule has 0 unspecified atom stereocenters. The Labute approximate surface area is 142 Å². The lowest BCUT2D eigenvalue weighted by atomic mass is 10.1. The van der Waals surface area contributed by atoms with Crippen LogP contribution in [0.2, 0.25) is 0 Å². The summed E-state index contributed by atoms with van der Waals surface area (Å²) in [6.45, 7) is 2.51. The number of ether oxygens (including phenoxy) is 1. The minimum atomic E-state index is 0.539. The predicted octanol–water partition coefficient (Wildman–Crippen LogP) is 5.10. The Morgan fingerprint density at radius 1 is 0.833 bits per heavy atom. The second-order valence-electron chi connectivity index (χ2n) is 5.45. The highest BCUT2D eigenvalue weighted by Crippen LogP contribution is 2.20. The Morgan fingerprint density at radius 2 is 1.46 bits per heavy atom. The van der Waals surface area contributed by atoms with Crippen molar-refractivity contribution in [3.8, 4) is 5.75 Å². The molecule has 3 aromatic carbocycles. The molecule has 0 saturated heterocycles. The Morgan fingerprint density at radius 3 is 2.21 bits per heavy atom. The zero-order valence-corrected chi connectivity index (χ0v) is 13.6. The lowest BCUT2D eigenvalue weighted by molar-refractivity contribution is 0.305. The van der Waals surface area contributed by atoms with Crippen LogP contribution in [0.25, 0.3) is 0 Å². The minimum absolute atomic E-state index is 0.539. The minimum Gasteiger partial charge on any atom is -0.488 e. The summed E-state index contributed by atoms with van der Waals surface area (Å²) in [7, 11) is 0. The smallest absolute Gasteiger partial charge is 0.128 e. The van der Waals surface area contributed by atoms with Crippen molar-refractivity contribution in [3.05, 3.63) is 96.1 Å². The van der Waals surface area contributed by atoms with Gasteiger partial charge in [-0.1, -0.05) is 60.7 Å². The first-order valence-electron chi connectivity index (χ1n) is 7.94.